The second-order valence-electron chi connectivity index (χ2n) is 16.3. The Morgan fingerprint density at radius 2 is 1.23 bits per heavy atom. The molecule has 0 spiro atoms. The summed E-state index contributed by atoms with van der Waals surface area (Å²) in [7, 11) is 4.01. The van der Waals surface area contributed by atoms with Crippen LogP contribution in [0.1, 0.15) is 47.1 Å². The lowest BCUT2D eigenvalue weighted by molar-refractivity contribution is 0.0151. The van der Waals surface area contributed by atoms with E-state index in [0.717, 1.165) is 75.9 Å². The van der Waals surface area contributed by atoms with Crippen LogP contribution < -0.4 is 0 Å². The summed E-state index contributed by atoms with van der Waals surface area (Å²) in [6.45, 7) is 16.8. The first kappa shape index (κ1) is 48.5. The molecule has 8 heterocycles. The van der Waals surface area contributed by atoms with Crippen molar-refractivity contribution in [1.82, 2.24) is 49.7 Å². The summed E-state index contributed by atoms with van der Waals surface area (Å²) >= 11 is 2.01. The largest absolute Gasteiger partial charge is 0.362 e. The average molecular weight is 991 g/mol. The summed E-state index contributed by atoms with van der Waals surface area (Å²) in [4.78, 5) is 36.3. The first-order chi connectivity index (χ1) is 31.1. The zero-order valence-corrected chi connectivity index (χ0v) is 40.1. The SMILES string of the molecule is C#CC(C)(C)OCCN(C)C.CCN(CC)CCOC(C)(C)C#Cc1c(F)cnc2[nH]c3cnc(-c4cccnc4)cc3c12.Fc1cnc2[nH]c3cnc(-c4cccnc4)cc3c2c1I. The molecular formula is C50H53F2IN10O2. The fourth-order valence-corrected chi connectivity index (χ4v) is 7.33. The zero-order chi connectivity index (χ0) is 46.7. The molecule has 0 aliphatic rings. The normalized spacial score (nSPS) is 11.6. The highest BCUT2D eigenvalue weighted by molar-refractivity contribution is 14.1. The van der Waals surface area contributed by atoms with Crippen molar-refractivity contribution in [2.45, 2.75) is 52.7 Å². The molecule has 65 heavy (non-hydrogen) atoms. The number of terminal acetylenes is 1. The molecule has 8 aromatic rings. The van der Waals surface area contributed by atoms with E-state index in [-0.39, 0.29) is 5.82 Å². The van der Waals surface area contributed by atoms with Crippen LogP contribution in [0.25, 0.3) is 66.4 Å². The summed E-state index contributed by atoms with van der Waals surface area (Å²) in [5, 5.41) is 3.16. The number of likely N-dealkylation sites (N-methyl/N-ethyl adjacent to an activating group) is 2. The Bertz CT molecular complexity index is 2970. The zero-order valence-electron chi connectivity index (χ0n) is 37.9. The maximum Gasteiger partial charge on any atom is 0.157 e. The van der Waals surface area contributed by atoms with E-state index in [9.17, 15) is 8.78 Å². The molecule has 0 saturated heterocycles. The highest BCUT2D eigenvalue weighted by Gasteiger charge is 2.19. The van der Waals surface area contributed by atoms with E-state index in [2.05, 4.69) is 81.3 Å². The van der Waals surface area contributed by atoms with E-state index in [1.807, 2.05) is 101 Å². The lowest BCUT2D eigenvalue weighted by atomic mass is 10.1. The van der Waals surface area contributed by atoms with Gasteiger partial charge in [0.25, 0.3) is 0 Å². The van der Waals surface area contributed by atoms with Gasteiger partial charge >= 0.3 is 0 Å². The third-order valence-electron chi connectivity index (χ3n) is 10.4. The van der Waals surface area contributed by atoms with E-state index in [0.29, 0.717) is 39.0 Å². The van der Waals surface area contributed by atoms with Crippen molar-refractivity contribution in [1.29, 1.82) is 0 Å². The fourth-order valence-electron chi connectivity index (χ4n) is 6.64. The second kappa shape index (κ2) is 21.8. The van der Waals surface area contributed by atoms with Crippen molar-refractivity contribution >= 4 is 66.5 Å². The maximum absolute atomic E-state index is 14.9. The van der Waals surface area contributed by atoms with Gasteiger partial charge in [0.05, 0.1) is 69.6 Å². The van der Waals surface area contributed by atoms with Crippen LogP contribution in [-0.4, -0.2) is 114 Å². The number of hydrogen-bond donors (Lipinski definition) is 2. The first-order valence-corrected chi connectivity index (χ1v) is 22.3. The van der Waals surface area contributed by atoms with Gasteiger partial charge in [-0.2, -0.15) is 0 Å². The minimum atomic E-state index is -0.719. The molecular weight excluding hydrogens is 938 g/mol. The molecule has 0 atom stereocenters. The molecule has 8 aromatic heterocycles. The van der Waals surface area contributed by atoms with Gasteiger partial charge in [-0.3, -0.25) is 19.9 Å². The van der Waals surface area contributed by atoms with Crippen molar-refractivity contribution < 1.29 is 18.3 Å². The molecule has 2 N–H and O–H groups in total. The van der Waals surface area contributed by atoms with E-state index in [1.165, 1.54) is 12.4 Å². The van der Waals surface area contributed by atoms with Crippen LogP contribution in [0, 0.1) is 39.4 Å². The van der Waals surface area contributed by atoms with Gasteiger partial charge in [-0.05, 0) is 114 Å². The standard InChI is InChI=1S/C26H28FN5O.C15H8FIN4.C9H17NO/c1-5-32(6-2)12-13-33-26(3,4)10-9-19-21(27)16-30-25-24(19)20-14-22(29-17-23(20)31-25)18-8-7-11-28-15-18;16-10-6-20-15-13(14(10)17)9-4-11(19-7-12(9)21-15)8-2-1-3-18-5-8;1-6-9(2,3)11-8-7-10(4)5/h7-8,11,14-17H,5-6,12-13H2,1-4H3,(H,30,31);1-7H,(H,20,21);1H,7-8H2,2-5H3. The quantitative estimate of drug-likeness (QED) is 0.0901. The van der Waals surface area contributed by atoms with Gasteiger partial charge in [0.1, 0.15) is 22.5 Å². The molecule has 15 heteroatoms. The molecule has 0 fully saturated rings. The second-order valence-corrected chi connectivity index (χ2v) is 17.3. The number of nitrogens with zero attached hydrogens (tertiary/aromatic N) is 8. The van der Waals surface area contributed by atoms with Gasteiger partial charge in [-0.25, -0.2) is 18.7 Å². The molecule has 336 valence electrons. The smallest absolute Gasteiger partial charge is 0.157 e. The van der Waals surface area contributed by atoms with Crippen molar-refractivity contribution in [3.63, 3.8) is 0 Å². The van der Waals surface area contributed by atoms with Gasteiger partial charge in [-0.1, -0.05) is 31.6 Å². The number of ether oxygens (including phenoxy) is 2. The van der Waals surface area contributed by atoms with E-state index in [1.54, 1.807) is 37.2 Å². The molecule has 0 aliphatic heterocycles. The number of nitrogens with one attached hydrogen (secondary N) is 2. The number of hydrogen-bond acceptors (Lipinski definition) is 10. The van der Waals surface area contributed by atoms with E-state index in [4.69, 9.17) is 15.9 Å². The number of pyridine rings is 6. The van der Waals surface area contributed by atoms with Crippen LogP contribution >= 0.6 is 22.6 Å². The third-order valence-corrected chi connectivity index (χ3v) is 11.4. The topological polar surface area (TPSA) is 134 Å². The Morgan fingerprint density at radius 1 is 0.708 bits per heavy atom. The van der Waals surface area contributed by atoms with Crippen LogP contribution in [-0.2, 0) is 9.47 Å². The molecule has 8 rings (SSSR count). The monoisotopic (exact) mass is 990 g/mol. The molecule has 0 bridgehead atoms. The molecule has 0 aliphatic carbocycles. The first-order valence-electron chi connectivity index (χ1n) is 21.2. The van der Waals surface area contributed by atoms with Crippen molar-refractivity contribution in [3.8, 4) is 46.7 Å². The fraction of sp³-hybridized carbons (Fsp3) is 0.320. The molecule has 0 unspecified atom stereocenters. The van der Waals surface area contributed by atoms with Crippen LogP contribution in [0.15, 0.2) is 86.0 Å². The van der Waals surface area contributed by atoms with Crippen LogP contribution in [0.5, 0.6) is 0 Å². The van der Waals surface area contributed by atoms with Crippen molar-refractivity contribution in [2.75, 3.05) is 53.5 Å². The molecule has 0 radical (unpaired) electrons. The van der Waals surface area contributed by atoms with Gasteiger partial charge in [0.15, 0.2) is 11.6 Å². The highest BCUT2D eigenvalue weighted by atomic mass is 127. The average Bonchev–Trinajstić information content (AvgIpc) is 3.88. The molecule has 0 saturated carbocycles. The van der Waals surface area contributed by atoms with Gasteiger partial charge in [0.2, 0.25) is 0 Å². The lowest BCUT2D eigenvalue weighted by Crippen LogP contribution is -2.31. The molecule has 0 amide bonds. The summed E-state index contributed by atoms with van der Waals surface area (Å²) in [5.74, 6) is 7.96. The predicted molar refractivity (Wildman–Crippen MR) is 264 cm³/mol. The number of aromatic nitrogens is 8. The molecule has 12 nitrogen and oxygen atoms in total. The lowest BCUT2D eigenvalue weighted by Gasteiger charge is -2.23. The number of rotatable bonds is 12. The summed E-state index contributed by atoms with van der Waals surface area (Å²) in [5.41, 5.74) is 5.37. The van der Waals surface area contributed by atoms with Crippen molar-refractivity contribution in [3.05, 3.63) is 107 Å². The van der Waals surface area contributed by atoms with E-state index >= 15 is 0 Å². The third kappa shape index (κ3) is 12.4. The molecule has 0 aromatic carbocycles. The minimum absolute atomic E-state index is 0.301. The predicted octanol–water partition coefficient (Wildman–Crippen LogP) is 9.69. The number of halogens is 3. The minimum Gasteiger partial charge on any atom is -0.362 e. The summed E-state index contributed by atoms with van der Waals surface area (Å²) in [6, 6.07) is 11.5. The highest BCUT2D eigenvalue weighted by Crippen LogP contribution is 2.33. The van der Waals surface area contributed by atoms with Crippen molar-refractivity contribution in [2.24, 2.45) is 0 Å². The Labute approximate surface area is 392 Å². The van der Waals surface area contributed by atoms with Crippen LogP contribution in [0.4, 0.5) is 8.78 Å². The summed E-state index contributed by atoms with van der Waals surface area (Å²) in [6.07, 6.45) is 18.1. The van der Waals surface area contributed by atoms with E-state index < -0.39 is 17.0 Å². The van der Waals surface area contributed by atoms with Crippen LogP contribution in [0.3, 0.4) is 0 Å². The maximum atomic E-state index is 14.9. The Kier molecular flexibility index (Phi) is 16.3. The Hall–Kier alpha value is -5.95. The number of fused-ring (bicyclic) bond motifs is 6. The Balaban J connectivity index is 0.000000186. The number of aromatic amines is 2. The van der Waals surface area contributed by atoms with Crippen LogP contribution in [0.2, 0.25) is 0 Å². The summed E-state index contributed by atoms with van der Waals surface area (Å²) < 4.78 is 40.7. The van der Waals surface area contributed by atoms with Gasteiger partial charge in [-0.15, -0.1) is 6.42 Å². The Morgan fingerprint density at radius 3 is 1.75 bits per heavy atom. The van der Waals surface area contributed by atoms with Gasteiger partial charge in [0, 0.05) is 70.5 Å². The van der Waals surface area contributed by atoms with Gasteiger partial charge < -0.3 is 29.2 Å². The number of H-pyrrole nitrogens is 2.